The quantitative estimate of drug-likeness (QED) is 0.718. The van der Waals surface area contributed by atoms with Crippen LogP contribution in [-0.2, 0) is 4.74 Å². The van der Waals surface area contributed by atoms with Gasteiger partial charge in [-0.05, 0) is 46.6 Å². The summed E-state index contributed by atoms with van der Waals surface area (Å²) < 4.78 is 5.32. The number of hydrogen-bond acceptors (Lipinski definition) is 3. The van der Waals surface area contributed by atoms with E-state index in [1.807, 2.05) is 27.7 Å². The van der Waals surface area contributed by atoms with Crippen LogP contribution in [0.15, 0.2) is 11.8 Å². The zero-order chi connectivity index (χ0) is 13.1. The van der Waals surface area contributed by atoms with Crippen molar-refractivity contribution >= 4 is 6.09 Å². The minimum Gasteiger partial charge on any atom is -0.512 e. The van der Waals surface area contributed by atoms with Gasteiger partial charge in [-0.15, -0.1) is 0 Å². The number of amides is 1. The average molecular weight is 241 g/mol. The average Bonchev–Trinajstić information content (AvgIpc) is 2.26. The number of likely N-dealkylation sites (tertiary alicyclic amines) is 1. The zero-order valence-corrected chi connectivity index (χ0v) is 11.2. The topological polar surface area (TPSA) is 49.8 Å². The molecule has 1 aliphatic heterocycles. The van der Waals surface area contributed by atoms with Crippen LogP contribution >= 0.6 is 0 Å². The summed E-state index contributed by atoms with van der Waals surface area (Å²) in [6, 6.07) is 0. The van der Waals surface area contributed by atoms with Crippen LogP contribution in [0.25, 0.3) is 0 Å². The van der Waals surface area contributed by atoms with E-state index < -0.39 is 5.60 Å². The third kappa shape index (κ3) is 4.29. The van der Waals surface area contributed by atoms with E-state index >= 15 is 0 Å². The Bertz CT molecular complexity index is 304. The van der Waals surface area contributed by atoms with Crippen molar-refractivity contribution in [3.05, 3.63) is 11.8 Å². The van der Waals surface area contributed by atoms with Gasteiger partial charge in [0.25, 0.3) is 0 Å². The Labute approximate surface area is 103 Å². The van der Waals surface area contributed by atoms with Crippen LogP contribution in [-0.4, -0.2) is 34.8 Å². The maximum absolute atomic E-state index is 11.9. The fourth-order valence-electron chi connectivity index (χ4n) is 1.95. The summed E-state index contributed by atoms with van der Waals surface area (Å²) in [5.74, 6) is 0.430. The molecular formula is C13H23NO3. The third-order valence-corrected chi connectivity index (χ3v) is 2.79. The van der Waals surface area contributed by atoms with Gasteiger partial charge >= 0.3 is 6.09 Å². The van der Waals surface area contributed by atoms with Crippen molar-refractivity contribution in [2.75, 3.05) is 13.1 Å². The van der Waals surface area contributed by atoms with Crippen molar-refractivity contribution in [2.45, 2.75) is 46.1 Å². The molecule has 1 rings (SSSR count). The Hall–Kier alpha value is -1.19. The summed E-state index contributed by atoms with van der Waals surface area (Å²) in [6.07, 6.45) is 3.24. The molecule has 1 atom stereocenters. The van der Waals surface area contributed by atoms with E-state index in [9.17, 15) is 9.90 Å². The molecule has 98 valence electrons. The Morgan fingerprint density at radius 3 is 2.65 bits per heavy atom. The van der Waals surface area contributed by atoms with Crippen LogP contribution in [0.5, 0.6) is 0 Å². The molecule has 1 saturated heterocycles. The number of carbonyl (C=O) groups excluding carboxylic acids is 1. The predicted octanol–water partition coefficient (Wildman–Crippen LogP) is 3.10. The highest BCUT2D eigenvalue weighted by molar-refractivity contribution is 5.68. The highest BCUT2D eigenvalue weighted by Gasteiger charge is 2.28. The number of rotatable bonds is 1. The van der Waals surface area contributed by atoms with Crippen molar-refractivity contribution < 1.29 is 14.6 Å². The zero-order valence-electron chi connectivity index (χ0n) is 11.2. The third-order valence-electron chi connectivity index (χ3n) is 2.79. The van der Waals surface area contributed by atoms with Gasteiger partial charge in [0.15, 0.2) is 0 Å². The number of piperidine rings is 1. The van der Waals surface area contributed by atoms with Crippen molar-refractivity contribution in [3.8, 4) is 0 Å². The monoisotopic (exact) mass is 241 g/mol. The molecule has 0 radical (unpaired) electrons. The number of allylic oxidation sites excluding steroid dienone is 1. The lowest BCUT2D eigenvalue weighted by molar-refractivity contribution is 0.0166. The Morgan fingerprint density at radius 2 is 2.12 bits per heavy atom. The first-order valence-electron chi connectivity index (χ1n) is 6.16. The van der Waals surface area contributed by atoms with Gasteiger partial charge in [-0.3, -0.25) is 0 Å². The maximum Gasteiger partial charge on any atom is 0.410 e. The predicted molar refractivity (Wildman–Crippen MR) is 66.9 cm³/mol. The Kier molecular flexibility index (Phi) is 4.43. The molecule has 1 fully saturated rings. The minimum absolute atomic E-state index is 0.0567. The summed E-state index contributed by atoms with van der Waals surface area (Å²) in [5.41, 5.74) is -0.466. The first-order chi connectivity index (χ1) is 7.83. The van der Waals surface area contributed by atoms with Gasteiger partial charge in [0.05, 0.1) is 5.76 Å². The molecule has 0 aromatic heterocycles. The lowest BCUT2D eigenvalue weighted by Crippen LogP contribution is -2.43. The molecule has 1 N–H and O–H groups in total. The summed E-state index contributed by atoms with van der Waals surface area (Å²) in [4.78, 5) is 13.6. The molecule has 0 bridgehead atoms. The first-order valence-corrected chi connectivity index (χ1v) is 6.16. The molecule has 1 aliphatic rings. The van der Waals surface area contributed by atoms with Gasteiger partial charge in [-0.25, -0.2) is 4.79 Å². The standard InChI is InChI=1S/C13H23NO3/c1-5-11(15)10-7-6-8-14(9-10)12(16)17-13(2,3)4/h5,10,15H,6-9H2,1-4H3/b11-5-. The summed E-state index contributed by atoms with van der Waals surface area (Å²) >= 11 is 0. The minimum atomic E-state index is -0.466. The molecule has 4 nitrogen and oxygen atoms in total. The second-order valence-electron chi connectivity index (χ2n) is 5.48. The van der Waals surface area contributed by atoms with Crippen molar-refractivity contribution in [1.29, 1.82) is 0 Å². The fourth-order valence-corrected chi connectivity index (χ4v) is 1.95. The van der Waals surface area contributed by atoms with Crippen LogP contribution in [0.3, 0.4) is 0 Å². The van der Waals surface area contributed by atoms with Gasteiger partial charge in [0, 0.05) is 19.0 Å². The number of aliphatic hydroxyl groups is 1. The SMILES string of the molecule is C/C=C(\O)C1CCCN(C(=O)OC(C)(C)C)C1. The van der Waals surface area contributed by atoms with Crippen LogP contribution in [0, 0.1) is 5.92 Å². The molecule has 0 saturated carbocycles. The summed E-state index contributed by atoms with van der Waals surface area (Å²) in [7, 11) is 0. The fraction of sp³-hybridized carbons (Fsp3) is 0.769. The van der Waals surface area contributed by atoms with Gasteiger partial charge in [0.1, 0.15) is 5.60 Å². The smallest absolute Gasteiger partial charge is 0.410 e. The second-order valence-corrected chi connectivity index (χ2v) is 5.48. The first kappa shape index (κ1) is 13.9. The molecule has 1 amide bonds. The Morgan fingerprint density at radius 1 is 1.47 bits per heavy atom. The number of nitrogens with zero attached hydrogens (tertiary/aromatic N) is 1. The van der Waals surface area contributed by atoms with Crippen molar-refractivity contribution in [1.82, 2.24) is 4.90 Å². The van der Waals surface area contributed by atoms with E-state index in [4.69, 9.17) is 4.74 Å². The van der Waals surface area contributed by atoms with Gasteiger partial charge in [0.2, 0.25) is 0 Å². The number of aliphatic hydroxyl groups excluding tert-OH is 1. The molecule has 0 aromatic rings. The molecule has 0 spiro atoms. The number of hydrogen-bond donors (Lipinski definition) is 1. The van der Waals surface area contributed by atoms with Gasteiger partial charge < -0.3 is 14.7 Å². The van der Waals surface area contributed by atoms with Gasteiger partial charge in [-0.1, -0.05) is 0 Å². The lowest BCUT2D eigenvalue weighted by Gasteiger charge is -2.33. The van der Waals surface area contributed by atoms with Crippen LogP contribution in [0.2, 0.25) is 0 Å². The summed E-state index contributed by atoms with van der Waals surface area (Å²) in [5, 5.41) is 9.70. The normalized spacial score (nSPS) is 22.5. The molecule has 0 aromatic carbocycles. The van der Waals surface area contributed by atoms with Crippen LogP contribution < -0.4 is 0 Å². The van der Waals surface area contributed by atoms with E-state index in [2.05, 4.69) is 0 Å². The van der Waals surface area contributed by atoms with Crippen molar-refractivity contribution in [3.63, 3.8) is 0 Å². The van der Waals surface area contributed by atoms with Gasteiger partial charge in [-0.2, -0.15) is 0 Å². The largest absolute Gasteiger partial charge is 0.512 e. The van der Waals surface area contributed by atoms with E-state index in [0.29, 0.717) is 18.8 Å². The van der Waals surface area contributed by atoms with E-state index in [1.54, 1.807) is 11.0 Å². The highest BCUT2D eigenvalue weighted by atomic mass is 16.6. The molecule has 1 heterocycles. The molecule has 4 heteroatoms. The van der Waals surface area contributed by atoms with Crippen LogP contribution in [0.1, 0.15) is 40.5 Å². The maximum atomic E-state index is 11.9. The Balaban J connectivity index is 2.58. The molecule has 1 unspecified atom stereocenters. The van der Waals surface area contributed by atoms with Crippen LogP contribution in [0.4, 0.5) is 4.79 Å². The molecular weight excluding hydrogens is 218 g/mol. The number of ether oxygens (including phenoxy) is 1. The van der Waals surface area contributed by atoms with Crippen molar-refractivity contribution in [2.24, 2.45) is 5.92 Å². The highest BCUT2D eigenvalue weighted by Crippen LogP contribution is 2.23. The lowest BCUT2D eigenvalue weighted by atomic mass is 9.96. The number of carbonyl (C=O) groups is 1. The van der Waals surface area contributed by atoms with E-state index in [-0.39, 0.29) is 12.0 Å². The molecule has 17 heavy (non-hydrogen) atoms. The molecule has 0 aliphatic carbocycles. The summed E-state index contributed by atoms with van der Waals surface area (Å²) in [6.45, 7) is 8.64. The van der Waals surface area contributed by atoms with E-state index in [0.717, 1.165) is 12.8 Å². The van der Waals surface area contributed by atoms with E-state index in [1.165, 1.54) is 0 Å². The second kappa shape index (κ2) is 5.43.